The molecule has 2 rings (SSSR count). The van der Waals surface area contributed by atoms with Crippen molar-refractivity contribution in [1.29, 1.82) is 0 Å². The molecular weight excluding hydrogens is 250 g/mol. The molecule has 0 aliphatic heterocycles. The molecule has 106 valence electrons. The van der Waals surface area contributed by atoms with Gasteiger partial charge in [0.05, 0.1) is 11.4 Å². The second-order valence-electron chi connectivity index (χ2n) is 5.99. The van der Waals surface area contributed by atoms with Gasteiger partial charge in [-0.15, -0.1) is 0 Å². The van der Waals surface area contributed by atoms with Crippen LogP contribution in [0.25, 0.3) is 0 Å². The van der Waals surface area contributed by atoms with Gasteiger partial charge in [0.2, 0.25) is 0 Å². The van der Waals surface area contributed by atoms with Crippen LogP contribution in [-0.2, 0) is 9.84 Å². The van der Waals surface area contributed by atoms with Gasteiger partial charge in [-0.05, 0) is 51.0 Å². The van der Waals surface area contributed by atoms with E-state index >= 15 is 0 Å². The van der Waals surface area contributed by atoms with Crippen LogP contribution < -0.4 is 5.32 Å². The van der Waals surface area contributed by atoms with Gasteiger partial charge >= 0.3 is 0 Å². The number of aliphatic hydroxyl groups is 1. The number of rotatable bonds is 4. The third-order valence-electron chi connectivity index (χ3n) is 4.49. The molecule has 0 aromatic heterocycles. The Morgan fingerprint density at radius 1 is 1.11 bits per heavy atom. The normalized spacial score (nSPS) is 37.9. The quantitative estimate of drug-likeness (QED) is 0.806. The molecule has 2 fully saturated rings. The zero-order valence-electron chi connectivity index (χ0n) is 11.1. The summed E-state index contributed by atoms with van der Waals surface area (Å²) in [6.45, 7) is 0.906. The first-order chi connectivity index (χ1) is 8.47. The summed E-state index contributed by atoms with van der Waals surface area (Å²) in [4.78, 5) is 0. The van der Waals surface area contributed by atoms with Gasteiger partial charge in [0.1, 0.15) is 0 Å². The predicted octanol–water partition coefficient (Wildman–Crippen LogP) is 1.09. The van der Waals surface area contributed by atoms with Gasteiger partial charge in [0, 0.05) is 12.3 Å². The highest BCUT2D eigenvalue weighted by atomic mass is 32.2. The van der Waals surface area contributed by atoms with Gasteiger partial charge < -0.3 is 10.4 Å². The Labute approximate surface area is 110 Å². The lowest BCUT2D eigenvalue weighted by atomic mass is 9.87. The van der Waals surface area contributed by atoms with Crippen LogP contribution in [0.1, 0.15) is 44.9 Å². The molecule has 0 bridgehead atoms. The van der Waals surface area contributed by atoms with Crippen molar-refractivity contribution in [2.24, 2.45) is 5.92 Å². The molecule has 0 aromatic rings. The van der Waals surface area contributed by atoms with Crippen LogP contribution in [0.15, 0.2) is 0 Å². The lowest BCUT2D eigenvalue weighted by Crippen LogP contribution is -2.42. The Bertz CT molecular complexity index is 360. The molecule has 2 unspecified atom stereocenters. The third kappa shape index (κ3) is 3.68. The van der Waals surface area contributed by atoms with Gasteiger partial charge in [-0.3, -0.25) is 0 Å². The second-order valence-corrected chi connectivity index (χ2v) is 8.25. The summed E-state index contributed by atoms with van der Waals surface area (Å²) in [7, 11) is -2.92. The van der Waals surface area contributed by atoms with E-state index < -0.39 is 9.84 Å². The van der Waals surface area contributed by atoms with Gasteiger partial charge in [0.25, 0.3) is 0 Å². The number of hydrogen-bond acceptors (Lipinski definition) is 4. The molecule has 0 saturated heterocycles. The molecule has 18 heavy (non-hydrogen) atoms. The zero-order chi connectivity index (χ0) is 13.2. The largest absolute Gasteiger partial charge is 0.393 e. The first-order valence-corrected chi connectivity index (χ1v) is 9.02. The van der Waals surface area contributed by atoms with Gasteiger partial charge in [-0.25, -0.2) is 8.42 Å². The summed E-state index contributed by atoms with van der Waals surface area (Å²) in [5, 5.41) is 12.7. The molecule has 0 radical (unpaired) electrons. The molecule has 5 heteroatoms. The van der Waals surface area contributed by atoms with Crippen LogP contribution in [0, 0.1) is 5.92 Å². The molecule has 2 N–H and O–H groups in total. The van der Waals surface area contributed by atoms with E-state index in [1.165, 1.54) is 6.26 Å². The van der Waals surface area contributed by atoms with Crippen molar-refractivity contribution in [3.8, 4) is 0 Å². The van der Waals surface area contributed by atoms with E-state index in [1.54, 1.807) is 0 Å². The molecule has 2 aliphatic carbocycles. The number of hydrogen-bond donors (Lipinski definition) is 2. The van der Waals surface area contributed by atoms with E-state index in [2.05, 4.69) is 5.32 Å². The molecular formula is C13H25NO3S. The topological polar surface area (TPSA) is 66.4 Å². The van der Waals surface area contributed by atoms with E-state index in [4.69, 9.17) is 0 Å². The van der Waals surface area contributed by atoms with E-state index in [0.717, 1.165) is 51.5 Å². The second kappa shape index (κ2) is 5.88. The third-order valence-corrected chi connectivity index (χ3v) is 6.15. The SMILES string of the molecule is CS(=O)(=O)C1CCCC1NCC1CCC(O)CC1. The molecule has 2 atom stereocenters. The number of sulfone groups is 1. The Morgan fingerprint density at radius 2 is 1.78 bits per heavy atom. The maximum absolute atomic E-state index is 11.7. The van der Waals surface area contributed by atoms with Crippen molar-refractivity contribution in [2.45, 2.75) is 62.3 Å². The number of nitrogens with one attached hydrogen (secondary N) is 1. The monoisotopic (exact) mass is 275 g/mol. The highest BCUT2D eigenvalue weighted by molar-refractivity contribution is 7.91. The standard InChI is InChI=1S/C13H25NO3S/c1-18(16,17)13-4-2-3-12(13)14-9-10-5-7-11(15)8-6-10/h10-15H,2-9H2,1H3. The Hall–Kier alpha value is -0.130. The Morgan fingerprint density at radius 3 is 2.39 bits per heavy atom. The minimum atomic E-state index is -2.92. The molecule has 4 nitrogen and oxygen atoms in total. The van der Waals surface area contributed by atoms with Crippen LogP contribution in [-0.4, -0.2) is 43.7 Å². The predicted molar refractivity (Wildman–Crippen MR) is 72.2 cm³/mol. The van der Waals surface area contributed by atoms with E-state index in [0.29, 0.717) is 5.92 Å². The van der Waals surface area contributed by atoms with Crippen molar-refractivity contribution < 1.29 is 13.5 Å². The summed E-state index contributed by atoms with van der Waals surface area (Å²) in [5.74, 6) is 0.606. The smallest absolute Gasteiger partial charge is 0.151 e. The fourth-order valence-electron chi connectivity index (χ4n) is 3.34. The molecule has 2 saturated carbocycles. The van der Waals surface area contributed by atoms with E-state index in [9.17, 15) is 13.5 Å². The summed E-state index contributed by atoms with van der Waals surface area (Å²) >= 11 is 0. The summed E-state index contributed by atoms with van der Waals surface area (Å²) in [6, 6.07) is 0.145. The maximum Gasteiger partial charge on any atom is 0.151 e. The first kappa shape index (κ1) is 14.3. The average Bonchev–Trinajstić information content (AvgIpc) is 2.76. The number of aliphatic hydroxyl groups excluding tert-OH is 1. The zero-order valence-corrected chi connectivity index (χ0v) is 12.0. The van der Waals surface area contributed by atoms with Gasteiger partial charge in [-0.2, -0.15) is 0 Å². The highest BCUT2D eigenvalue weighted by Gasteiger charge is 2.34. The maximum atomic E-state index is 11.7. The average molecular weight is 275 g/mol. The fraction of sp³-hybridized carbons (Fsp3) is 1.00. The summed E-state index contributed by atoms with van der Waals surface area (Å²) < 4.78 is 23.3. The minimum absolute atomic E-state index is 0.114. The summed E-state index contributed by atoms with van der Waals surface area (Å²) in [5.41, 5.74) is 0. The van der Waals surface area contributed by atoms with Crippen LogP contribution >= 0.6 is 0 Å². The van der Waals surface area contributed by atoms with Gasteiger partial charge in [0.15, 0.2) is 9.84 Å². The van der Waals surface area contributed by atoms with E-state index in [-0.39, 0.29) is 17.4 Å². The molecule has 0 spiro atoms. The summed E-state index contributed by atoms with van der Waals surface area (Å²) in [6.07, 6.45) is 7.95. The first-order valence-electron chi connectivity index (χ1n) is 7.07. The van der Waals surface area contributed by atoms with Gasteiger partial charge in [-0.1, -0.05) is 6.42 Å². The minimum Gasteiger partial charge on any atom is -0.393 e. The lowest BCUT2D eigenvalue weighted by Gasteiger charge is -2.28. The fourth-order valence-corrected chi connectivity index (χ4v) is 4.76. The van der Waals surface area contributed by atoms with Crippen molar-refractivity contribution in [2.75, 3.05) is 12.8 Å². The van der Waals surface area contributed by atoms with Crippen LogP contribution in [0.2, 0.25) is 0 Å². The van der Waals surface area contributed by atoms with Crippen molar-refractivity contribution in [1.82, 2.24) is 5.32 Å². The lowest BCUT2D eigenvalue weighted by molar-refractivity contribution is 0.107. The van der Waals surface area contributed by atoms with Crippen molar-refractivity contribution >= 4 is 9.84 Å². The molecule has 0 aromatic carbocycles. The molecule has 0 heterocycles. The molecule has 2 aliphatic rings. The van der Waals surface area contributed by atoms with Crippen LogP contribution in [0.5, 0.6) is 0 Å². The van der Waals surface area contributed by atoms with Crippen molar-refractivity contribution in [3.05, 3.63) is 0 Å². The van der Waals surface area contributed by atoms with Crippen LogP contribution in [0.3, 0.4) is 0 Å². The van der Waals surface area contributed by atoms with Crippen molar-refractivity contribution in [3.63, 3.8) is 0 Å². The van der Waals surface area contributed by atoms with Crippen LogP contribution in [0.4, 0.5) is 0 Å². The van der Waals surface area contributed by atoms with E-state index in [1.807, 2.05) is 0 Å². The Balaban J connectivity index is 1.79. The Kier molecular flexibility index (Phi) is 4.67. The molecule has 0 amide bonds. The highest BCUT2D eigenvalue weighted by Crippen LogP contribution is 2.27.